The summed E-state index contributed by atoms with van der Waals surface area (Å²) in [4.78, 5) is 17.9. The first-order valence-electron chi connectivity index (χ1n) is 6.97. The Kier molecular flexibility index (Phi) is 4.23. The van der Waals surface area contributed by atoms with Gasteiger partial charge in [0.1, 0.15) is 0 Å². The number of carbonyl (C=O) groups is 1. The monoisotopic (exact) mass is 280 g/mol. The van der Waals surface area contributed by atoms with E-state index in [9.17, 15) is 9.18 Å². The second-order valence-electron chi connectivity index (χ2n) is 5.35. The number of aromatic nitrogens is 1. The van der Waals surface area contributed by atoms with E-state index in [1.807, 2.05) is 0 Å². The van der Waals surface area contributed by atoms with Crippen molar-refractivity contribution in [2.24, 2.45) is 11.3 Å². The van der Waals surface area contributed by atoms with Crippen molar-refractivity contribution >= 4 is 11.7 Å². The van der Waals surface area contributed by atoms with E-state index in [1.165, 1.54) is 12.3 Å². The quantitative estimate of drug-likeness (QED) is 0.655. The molecule has 0 spiro atoms. The Morgan fingerprint density at radius 1 is 1.55 bits per heavy atom. The number of hydrogen-bond acceptors (Lipinski definition) is 4. The van der Waals surface area contributed by atoms with Gasteiger partial charge in [0.2, 0.25) is 0 Å². The van der Waals surface area contributed by atoms with E-state index in [2.05, 4.69) is 24.3 Å². The summed E-state index contributed by atoms with van der Waals surface area (Å²) >= 11 is 0. The van der Waals surface area contributed by atoms with E-state index in [0.717, 1.165) is 19.3 Å². The zero-order valence-electron chi connectivity index (χ0n) is 11.9. The van der Waals surface area contributed by atoms with Gasteiger partial charge in [-0.1, -0.05) is 13.8 Å². The molecule has 110 valence electrons. The smallest absolute Gasteiger partial charge is 0.257 e. The van der Waals surface area contributed by atoms with Crippen molar-refractivity contribution in [1.82, 2.24) is 9.88 Å². The number of amides is 1. The van der Waals surface area contributed by atoms with Crippen molar-refractivity contribution < 1.29 is 9.18 Å². The number of hydrazine groups is 1. The number of nitrogens with one attached hydrogen (secondary N) is 1. The number of nitrogens with two attached hydrogens (primary N) is 1. The summed E-state index contributed by atoms with van der Waals surface area (Å²) in [5.74, 6) is 4.10. The maximum atomic E-state index is 14.1. The highest BCUT2D eigenvalue weighted by molar-refractivity contribution is 5.95. The fourth-order valence-electron chi connectivity index (χ4n) is 2.82. The minimum Gasteiger partial charge on any atom is -0.338 e. The minimum atomic E-state index is -0.689. The van der Waals surface area contributed by atoms with Gasteiger partial charge < -0.3 is 10.3 Å². The van der Waals surface area contributed by atoms with Gasteiger partial charge in [-0.25, -0.2) is 15.2 Å². The van der Waals surface area contributed by atoms with Gasteiger partial charge in [0.15, 0.2) is 11.6 Å². The number of nitrogens with zero attached hydrogens (tertiary/aromatic N) is 2. The lowest BCUT2D eigenvalue weighted by atomic mass is 9.82. The SMILES string of the molecule is CCC1(CC)CCN(C(=O)c2ccnc(NN)c2F)C1. The molecule has 0 aliphatic carbocycles. The standard InChI is InChI=1S/C14H21FN4O/c1-3-14(4-2)6-8-19(9-14)13(20)10-5-7-17-12(18-16)11(10)15/h5,7H,3-4,6,8-9,16H2,1-2H3,(H,17,18). The number of anilines is 1. The lowest BCUT2D eigenvalue weighted by Gasteiger charge is -2.26. The molecule has 1 saturated heterocycles. The van der Waals surface area contributed by atoms with Crippen LogP contribution in [-0.4, -0.2) is 28.9 Å². The number of hydrogen-bond donors (Lipinski definition) is 2. The van der Waals surface area contributed by atoms with Gasteiger partial charge >= 0.3 is 0 Å². The van der Waals surface area contributed by atoms with Crippen molar-refractivity contribution in [2.45, 2.75) is 33.1 Å². The molecule has 5 nitrogen and oxygen atoms in total. The summed E-state index contributed by atoms with van der Waals surface area (Å²) < 4.78 is 14.1. The van der Waals surface area contributed by atoms with Crippen molar-refractivity contribution in [2.75, 3.05) is 18.5 Å². The molecule has 1 amide bonds. The summed E-state index contributed by atoms with van der Waals surface area (Å²) in [7, 11) is 0. The Balaban J connectivity index is 2.21. The highest BCUT2D eigenvalue weighted by Crippen LogP contribution is 2.37. The van der Waals surface area contributed by atoms with Crippen LogP contribution in [0.5, 0.6) is 0 Å². The molecule has 6 heteroatoms. The molecule has 3 N–H and O–H groups in total. The van der Waals surface area contributed by atoms with Gasteiger partial charge in [-0.05, 0) is 30.7 Å². The topological polar surface area (TPSA) is 71.2 Å². The zero-order chi connectivity index (χ0) is 14.8. The molecule has 0 aromatic carbocycles. The molecule has 2 heterocycles. The Hall–Kier alpha value is -1.69. The molecular formula is C14H21FN4O. The van der Waals surface area contributed by atoms with E-state index in [0.29, 0.717) is 13.1 Å². The lowest BCUT2D eigenvalue weighted by Crippen LogP contribution is -2.32. The van der Waals surface area contributed by atoms with Crippen LogP contribution >= 0.6 is 0 Å². The van der Waals surface area contributed by atoms with Crippen LogP contribution in [0.1, 0.15) is 43.5 Å². The molecule has 1 aromatic rings. The normalized spacial score (nSPS) is 17.3. The number of nitrogen functional groups attached to an aromatic ring is 1. The van der Waals surface area contributed by atoms with Gasteiger partial charge in [0.25, 0.3) is 5.91 Å². The van der Waals surface area contributed by atoms with E-state index in [4.69, 9.17) is 5.84 Å². The first kappa shape index (κ1) is 14.7. The average molecular weight is 280 g/mol. The largest absolute Gasteiger partial charge is 0.338 e. The molecule has 0 bridgehead atoms. The molecule has 0 atom stereocenters. The van der Waals surface area contributed by atoms with E-state index < -0.39 is 5.82 Å². The highest BCUT2D eigenvalue weighted by Gasteiger charge is 2.37. The Morgan fingerprint density at radius 3 is 2.80 bits per heavy atom. The highest BCUT2D eigenvalue weighted by atomic mass is 19.1. The lowest BCUT2D eigenvalue weighted by molar-refractivity contribution is 0.0765. The number of pyridine rings is 1. The van der Waals surface area contributed by atoms with Crippen LogP contribution in [0.2, 0.25) is 0 Å². The molecule has 1 aliphatic heterocycles. The fraction of sp³-hybridized carbons (Fsp3) is 0.571. The van der Waals surface area contributed by atoms with E-state index in [1.54, 1.807) is 4.90 Å². The molecular weight excluding hydrogens is 259 g/mol. The molecule has 0 unspecified atom stereocenters. The van der Waals surface area contributed by atoms with Gasteiger partial charge in [-0.2, -0.15) is 0 Å². The molecule has 1 aromatic heterocycles. The fourth-order valence-corrected chi connectivity index (χ4v) is 2.82. The predicted octanol–water partition coefficient (Wildman–Crippen LogP) is 2.16. The molecule has 1 aliphatic rings. The molecule has 20 heavy (non-hydrogen) atoms. The van der Waals surface area contributed by atoms with Crippen LogP contribution in [0.15, 0.2) is 12.3 Å². The number of halogens is 1. The third-order valence-electron chi connectivity index (χ3n) is 4.48. The maximum absolute atomic E-state index is 14.1. The van der Waals surface area contributed by atoms with Crippen LogP contribution in [0, 0.1) is 11.2 Å². The second kappa shape index (κ2) is 5.75. The van der Waals surface area contributed by atoms with Crippen LogP contribution in [0.4, 0.5) is 10.2 Å². The minimum absolute atomic E-state index is 0.0240. The van der Waals surface area contributed by atoms with Gasteiger partial charge in [0, 0.05) is 19.3 Å². The average Bonchev–Trinajstić information content (AvgIpc) is 2.92. The van der Waals surface area contributed by atoms with Crippen LogP contribution in [-0.2, 0) is 0 Å². The summed E-state index contributed by atoms with van der Waals surface area (Å²) in [6.45, 7) is 5.64. The van der Waals surface area contributed by atoms with Crippen LogP contribution in [0.25, 0.3) is 0 Å². The number of likely N-dealkylation sites (tertiary alicyclic amines) is 1. The summed E-state index contributed by atoms with van der Waals surface area (Å²) in [5, 5.41) is 0. The molecule has 0 radical (unpaired) electrons. The third-order valence-corrected chi connectivity index (χ3v) is 4.48. The third kappa shape index (κ3) is 2.47. The second-order valence-corrected chi connectivity index (χ2v) is 5.35. The number of carbonyl (C=O) groups excluding carboxylic acids is 1. The summed E-state index contributed by atoms with van der Waals surface area (Å²) in [6, 6.07) is 1.40. The van der Waals surface area contributed by atoms with Crippen molar-refractivity contribution in [3.8, 4) is 0 Å². The first-order chi connectivity index (χ1) is 9.56. The van der Waals surface area contributed by atoms with Crippen LogP contribution in [0.3, 0.4) is 0 Å². The Morgan fingerprint density at radius 2 is 2.25 bits per heavy atom. The molecule has 0 saturated carbocycles. The molecule has 2 rings (SSSR count). The summed E-state index contributed by atoms with van der Waals surface area (Å²) in [5.41, 5.74) is 2.36. The van der Waals surface area contributed by atoms with E-state index >= 15 is 0 Å². The number of rotatable bonds is 4. The maximum Gasteiger partial charge on any atom is 0.257 e. The van der Waals surface area contributed by atoms with Crippen molar-refractivity contribution in [3.05, 3.63) is 23.6 Å². The summed E-state index contributed by atoms with van der Waals surface area (Å²) in [6.07, 6.45) is 4.42. The van der Waals surface area contributed by atoms with Gasteiger partial charge in [0.05, 0.1) is 5.56 Å². The van der Waals surface area contributed by atoms with E-state index in [-0.39, 0.29) is 22.7 Å². The predicted molar refractivity (Wildman–Crippen MR) is 75.5 cm³/mol. The Bertz CT molecular complexity index is 502. The zero-order valence-corrected chi connectivity index (χ0v) is 11.9. The first-order valence-corrected chi connectivity index (χ1v) is 6.97. The van der Waals surface area contributed by atoms with Crippen molar-refractivity contribution in [3.63, 3.8) is 0 Å². The van der Waals surface area contributed by atoms with Crippen molar-refractivity contribution in [1.29, 1.82) is 0 Å². The molecule has 1 fully saturated rings. The Labute approximate surface area is 118 Å². The van der Waals surface area contributed by atoms with Gasteiger partial charge in [-0.15, -0.1) is 0 Å². The van der Waals surface area contributed by atoms with Crippen LogP contribution < -0.4 is 11.3 Å². The van der Waals surface area contributed by atoms with Gasteiger partial charge in [-0.3, -0.25) is 4.79 Å².